The second kappa shape index (κ2) is 4.98. The van der Waals surface area contributed by atoms with Gasteiger partial charge in [0.15, 0.2) is 5.58 Å². The first kappa shape index (κ1) is 13.2. The number of hydrogen-bond acceptors (Lipinski definition) is 4. The van der Waals surface area contributed by atoms with E-state index >= 15 is 0 Å². The van der Waals surface area contributed by atoms with E-state index in [2.05, 4.69) is 5.43 Å². The van der Waals surface area contributed by atoms with Crippen LogP contribution in [0.3, 0.4) is 0 Å². The van der Waals surface area contributed by atoms with Crippen molar-refractivity contribution in [3.8, 4) is 0 Å². The van der Waals surface area contributed by atoms with E-state index in [9.17, 15) is 0 Å². The Morgan fingerprint density at radius 3 is 2.60 bits per heavy atom. The van der Waals surface area contributed by atoms with Gasteiger partial charge in [-0.25, -0.2) is 5.43 Å². The van der Waals surface area contributed by atoms with Crippen LogP contribution in [0.4, 0.5) is 0 Å². The first-order chi connectivity index (χ1) is 9.60. The van der Waals surface area contributed by atoms with Crippen LogP contribution in [0.25, 0.3) is 11.0 Å². The summed E-state index contributed by atoms with van der Waals surface area (Å²) < 4.78 is 11.4. The first-order valence-electron chi connectivity index (χ1n) is 6.31. The van der Waals surface area contributed by atoms with Gasteiger partial charge in [-0.1, -0.05) is 23.7 Å². The van der Waals surface area contributed by atoms with Crippen molar-refractivity contribution < 1.29 is 8.83 Å². The maximum Gasteiger partial charge on any atom is 0.152 e. The Morgan fingerprint density at radius 1 is 1.20 bits per heavy atom. The number of nitrogens with two attached hydrogens (primary N) is 1. The lowest BCUT2D eigenvalue weighted by Crippen LogP contribution is -2.28. The van der Waals surface area contributed by atoms with Crippen LogP contribution in [0.2, 0.25) is 5.02 Å². The van der Waals surface area contributed by atoms with Gasteiger partial charge in [-0.3, -0.25) is 5.84 Å². The maximum atomic E-state index is 6.14. The summed E-state index contributed by atoms with van der Waals surface area (Å²) in [4.78, 5) is 0. The second-order valence-electron chi connectivity index (χ2n) is 4.78. The molecule has 1 atom stereocenters. The summed E-state index contributed by atoms with van der Waals surface area (Å²) in [6.45, 7) is 3.81. The number of nitrogens with one attached hydrogen (secondary N) is 1. The van der Waals surface area contributed by atoms with Gasteiger partial charge in [-0.2, -0.15) is 0 Å². The number of rotatable bonds is 3. The highest BCUT2D eigenvalue weighted by atomic mass is 35.5. The van der Waals surface area contributed by atoms with Crippen molar-refractivity contribution in [2.75, 3.05) is 0 Å². The number of aryl methyl sites for hydroxylation is 2. The van der Waals surface area contributed by atoms with Gasteiger partial charge in [0, 0.05) is 10.9 Å². The molecule has 0 saturated carbocycles. The van der Waals surface area contributed by atoms with Crippen LogP contribution in [0, 0.1) is 13.8 Å². The van der Waals surface area contributed by atoms with Crippen molar-refractivity contribution in [2.45, 2.75) is 19.9 Å². The zero-order valence-electron chi connectivity index (χ0n) is 11.2. The molecule has 1 unspecified atom stereocenters. The molecule has 0 aliphatic heterocycles. The molecule has 0 aliphatic rings. The molecular weight excluding hydrogens is 276 g/mol. The molecule has 2 heterocycles. The summed E-state index contributed by atoms with van der Waals surface area (Å²) in [6.07, 6.45) is 0. The summed E-state index contributed by atoms with van der Waals surface area (Å²) in [5.74, 6) is 8.05. The molecule has 0 aliphatic carbocycles. The molecule has 0 saturated heterocycles. The number of halogens is 1. The van der Waals surface area contributed by atoms with E-state index < -0.39 is 0 Å². The zero-order valence-corrected chi connectivity index (χ0v) is 12.0. The smallest absolute Gasteiger partial charge is 0.152 e. The Balaban J connectivity index is 2.12. The van der Waals surface area contributed by atoms with Gasteiger partial charge in [-0.05, 0) is 32.0 Å². The number of fused-ring (bicyclic) bond motifs is 1. The highest BCUT2D eigenvalue weighted by Crippen LogP contribution is 2.33. The van der Waals surface area contributed by atoms with Crippen LogP contribution in [-0.2, 0) is 0 Å². The van der Waals surface area contributed by atoms with Gasteiger partial charge in [0.25, 0.3) is 0 Å². The summed E-state index contributed by atoms with van der Waals surface area (Å²) >= 11 is 6.14. The number of benzene rings is 1. The second-order valence-corrected chi connectivity index (χ2v) is 5.18. The number of hydrazine groups is 1. The highest BCUT2D eigenvalue weighted by molar-refractivity contribution is 6.34. The third kappa shape index (κ3) is 2.12. The van der Waals surface area contributed by atoms with Crippen molar-refractivity contribution in [1.82, 2.24) is 5.43 Å². The SMILES string of the molecule is Cc1cc(C(NN)c2cc3cccc(Cl)c3o2)c(C)o1. The molecule has 20 heavy (non-hydrogen) atoms. The minimum Gasteiger partial charge on any atom is -0.466 e. The van der Waals surface area contributed by atoms with Crippen LogP contribution < -0.4 is 11.3 Å². The molecule has 2 aromatic heterocycles. The Kier molecular flexibility index (Phi) is 3.30. The molecule has 1 aromatic carbocycles. The fourth-order valence-electron chi connectivity index (χ4n) is 2.45. The molecule has 3 rings (SSSR count). The lowest BCUT2D eigenvalue weighted by molar-refractivity contribution is 0.461. The van der Waals surface area contributed by atoms with Crippen molar-refractivity contribution in [3.63, 3.8) is 0 Å². The number of para-hydroxylation sites is 1. The van der Waals surface area contributed by atoms with Gasteiger partial charge in [0.2, 0.25) is 0 Å². The fraction of sp³-hybridized carbons (Fsp3) is 0.200. The average Bonchev–Trinajstić information content (AvgIpc) is 2.96. The van der Waals surface area contributed by atoms with E-state index in [0.717, 1.165) is 22.5 Å². The fourth-order valence-corrected chi connectivity index (χ4v) is 2.67. The van der Waals surface area contributed by atoms with E-state index in [-0.39, 0.29) is 6.04 Å². The minimum absolute atomic E-state index is 0.268. The van der Waals surface area contributed by atoms with Crippen LogP contribution in [0.5, 0.6) is 0 Å². The molecule has 0 bridgehead atoms. The third-order valence-electron chi connectivity index (χ3n) is 3.36. The highest BCUT2D eigenvalue weighted by Gasteiger charge is 2.22. The molecule has 3 N–H and O–H groups in total. The van der Waals surface area contributed by atoms with Crippen LogP contribution in [0.15, 0.2) is 39.2 Å². The van der Waals surface area contributed by atoms with E-state index in [1.54, 1.807) is 6.07 Å². The van der Waals surface area contributed by atoms with E-state index in [4.69, 9.17) is 26.3 Å². The monoisotopic (exact) mass is 290 g/mol. The number of furan rings is 2. The molecular formula is C15H15ClN2O2. The molecule has 104 valence electrons. The molecule has 0 fully saturated rings. The van der Waals surface area contributed by atoms with Gasteiger partial charge < -0.3 is 8.83 Å². The Hall–Kier alpha value is -1.75. The predicted octanol–water partition coefficient (Wildman–Crippen LogP) is 3.85. The lowest BCUT2D eigenvalue weighted by atomic mass is 10.1. The Bertz CT molecular complexity index is 760. The Morgan fingerprint density at radius 2 is 2.00 bits per heavy atom. The predicted molar refractivity (Wildman–Crippen MR) is 78.6 cm³/mol. The normalized spacial score (nSPS) is 13.0. The van der Waals surface area contributed by atoms with Crippen LogP contribution in [0.1, 0.15) is 28.9 Å². The summed E-state index contributed by atoms with van der Waals surface area (Å²) in [6, 6.07) is 9.27. The molecule has 5 heteroatoms. The van der Waals surface area contributed by atoms with Crippen LogP contribution >= 0.6 is 11.6 Å². The summed E-state index contributed by atoms with van der Waals surface area (Å²) in [5.41, 5.74) is 4.40. The summed E-state index contributed by atoms with van der Waals surface area (Å²) in [5, 5.41) is 1.54. The zero-order chi connectivity index (χ0) is 14.3. The van der Waals surface area contributed by atoms with Gasteiger partial charge in [0.1, 0.15) is 23.3 Å². The van der Waals surface area contributed by atoms with Gasteiger partial charge in [-0.15, -0.1) is 0 Å². The average molecular weight is 291 g/mol. The minimum atomic E-state index is -0.268. The molecule has 0 spiro atoms. The molecule has 0 amide bonds. The quantitative estimate of drug-likeness (QED) is 0.568. The maximum absolute atomic E-state index is 6.14. The standard InChI is InChI=1S/C15H15ClN2O2/c1-8-6-11(9(2)19-8)14(18-17)13-7-10-4-3-5-12(16)15(10)20-13/h3-7,14,18H,17H2,1-2H3. The van der Waals surface area contributed by atoms with Crippen molar-refractivity contribution in [1.29, 1.82) is 0 Å². The van der Waals surface area contributed by atoms with Crippen molar-refractivity contribution >= 4 is 22.6 Å². The van der Waals surface area contributed by atoms with E-state index in [0.29, 0.717) is 16.4 Å². The van der Waals surface area contributed by atoms with E-state index in [1.165, 1.54) is 0 Å². The van der Waals surface area contributed by atoms with Crippen LogP contribution in [-0.4, -0.2) is 0 Å². The molecule has 4 nitrogen and oxygen atoms in total. The van der Waals surface area contributed by atoms with Gasteiger partial charge >= 0.3 is 0 Å². The molecule has 3 aromatic rings. The Labute approximate surface area is 121 Å². The number of hydrogen-bond donors (Lipinski definition) is 2. The van der Waals surface area contributed by atoms with Crippen molar-refractivity contribution in [2.24, 2.45) is 5.84 Å². The van der Waals surface area contributed by atoms with Gasteiger partial charge in [0.05, 0.1) is 5.02 Å². The molecule has 0 radical (unpaired) electrons. The third-order valence-corrected chi connectivity index (χ3v) is 3.65. The first-order valence-corrected chi connectivity index (χ1v) is 6.69. The summed E-state index contributed by atoms with van der Waals surface area (Å²) in [7, 11) is 0. The topological polar surface area (TPSA) is 64.3 Å². The van der Waals surface area contributed by atoms with E-state index in [1.807, 2.05) is 38.1 Å². The van der Waals surface area contributed by atoms with Crippen molar-refractivity contribution in [3.05, 3.63) is 58.2 Å². The lowest BCUT2D eigenvalue weighted by Gasteiger charge is -2.12. The largest absolute Gasteiger partial charge is 0.466 e.